The van der Waals surface area contributed by atoms with Gasteiger partial charge in [0, 0.05) is 19.6 Å². The van der Waals surface area contributed by atoms with Crippen molar-refractivity contribution in [1.29, 1.82) is 0 Å². The zero-order valence-corrected chi connectivity index (χ0v) is 13.4. The third-order valence-corrected chi connectivity index (χ3v) is 6.68. The molecular formula is C15H19F3N2O2S. The summed E-state index contributed by atoms with van der Waals surface area (Å²) in [5, 5.41) is 3.26. The van der Waals surface area contributed by atoms with Crippen LogP contribution in [0.1, 0.15) is 24.8 Å². The molecule has 0 aliphatic carbocycles. The number of halogens is 3. The Morgan fingerprint density at radius 1 is 1.17 bits per heavy atom. The van der Waals surface area contributed by atoms with Crippen molar-refractivity contribution in [3.63, 3.8) is 0 Å². The highest BCUT2D eigenvalue weighted by Crippen LogP contribution is 2.41. The maximum atomic E-state index is 13.1. The molecule has 128 valence electrons. The Bertz CT molecular complexity index is 682. The average molecular weight is 348 g/mol. The first-order valence-electron chi connectivity index (χ1n) is 7.62. The molecule has 1 spiro atoms. The summed E-state index contributed by atoms with van der Waals surface area (Å²) >= 11 is 0. The summed E-state index contributed by atoms with van der Waals surface area (Å²) in [5.41, 5.74) is -1.24. The lowest BCUT2D eigenvalue weighted by atomic mass is 9.80. The van der Waals surface area contributed by atoms with E-state index < -0.39 is 26.7 Å². The number of sulfonamides is 1. The van der Waals surface area contributed by atoms with E-state index in [4.69, 9.17) is 0 Å². The molecule has 0 aromatic heterocycles. The Kier molecular flexibility index (Phi) is 4.18. The van der Waals surface area contributed by atoms with E-state index in [1.807, 2.05) is 0 Å². The van der Waals surface area contributed by atoms with Crippen LogP contribution in [0.3, 0.4) is 0 Å². The molecule has 4 nitrogen and oxygen atoms in total. The van der Waals surface area contributed by atoms with Crippen molar-refractivity contribution in [2.45, 2.75) is 30.3 Å². The predicted octanol–water partition coefficient (Wildman–Crippen LogP) is 2.47. The molecular weight excluding hydrogens is 329 g/mol. The van der Waals surface area contributed by atoms with E-state index in [0.29, 0.717) is 6.42 Å². The molecule has 1 aromatic rings. The van der Waals surface area contributed by atoms with Gasteiger partial charge in [-0.1, -0.05) is 12.1 Å². The van der Waals surface area contributed by atoms with Crippen LogP contribution in [0.15, 0.2) is 29.2 Å². The molecule has 23 heavy (non-hydrogen) atoms. The molecule has 2 heterocycles. The Morgan fingerprint density at radius 2 is 1.91 bits per heavy atom. The van der Waals surface area contributed by atoms with Gasteiger partial charge in [0.2, 0.25) is 10.0 Å². The first kappa shape index (κ1) is 16.7. The van der Waals surface area contributed by atoms with Crippen LogP contribution in [0.25, 0.3) is 0 Å². The maximum Gasteiger partial charge on any atom is 0.417 e. The third kappa shape index (κ3) is 3.12. The number of nitrogens with zero attached hydrogens (tertiary/aromatic N) is 1. The van der Waals surface area contributed by atoms with Crippen LogP contribution in [-0.4, -0.2) is 38.9 Å². The molecule has 1 atom stereocenters. The van der Waals surface area contributed by atoms with Crippen molar-refractivity contribution in [2.24, 2.45) is 5.41 Å². The van der Waals surface area contributed by atoms with Crippen LogP contribution in [0.5, 0.6) is 0 Å². The van der Waals surface area contributed by atoms with Crippen LogP contribution in [0.2, 0.25) is 0 Å². The lowest BCUT2D eigenvalue weighted by Gasteiger charge is -2.33. The summed E-state index contributed by atoms with van der Waals surface area (Å²) in [6, 6.07) is 4.40. The van der Waals surface area contributed by atoms with Gasteiger partial charge in [-0.2, -0.15) is 17.5 Å². The van der Waals surface area contributed by atoms with E-state index in [1.165, 1.54) is 16.4 Å². The molecule has 2 fully saturated rings. The smallest absolute Gasteiger partial charge is 0.316 e. The summed E-state index contributed by atoms with van der Waals surface area (Å²) < 4.78 is 66.0. The van der Waals surface area contributed by atoms with E-state index in [2.05, 4.69) is 5.32 Å². The molecule has 0 radical (unpaired) electrons. The van der Waals surface area contributed by atoms with Gasteiger partial charge in [0.1, 0.15) is 0 Å². The van der Waals surface area contributed by atoms with Crippen molar-refractivity contribution >= 4 is 10.0 Å². The van der Waals surface area contributed by atoms with Crippen molar-refractivity contribution in [3.8, 4) is 0 Å². The standard InChI is InChI=1S/C15H19F3N2O2S/c16-15(17,18)12-4-1-2-5-13(12)23(21,22)20-9-7-14(11-20)6-3-8-19-10-14/h1-2,4-5,19H,3,6-11H2/t14-/m1/s1. The number of hydrogen-bond donors (Lipinski definition) is 1. The molecule has 1 aromatic carbocycles. The van der Waals surface area contributed by atoms with Crippen LogP contribution in [-0.2, 0) is 16.2 Å². The SMILES string of the molecule is O=S(=O)(c1ccccc1C(F)(F)F)N1CC[C@@]2(CCCNC2)C1. The minimum absolute atomic E-state index is 0.140. The molecule has 8 heteroatoms. The summed E-state index contributed by atoms with van der Waals surface area (Å²) in [5.74, 6) is 0. The van der Waals surface area contributed by atoms with E-state index in [-0.39, 0.29) is 18.5 Å². The number of piperidine rings is 1. The molecule has 2 aliphatic heterocycles. The lowest BCUT2D eigenvalue weighted by molar-refractivity contribution is -0.139. The number of nitrogens with one attached hydrogen (secondary N) is 1. The summed E-state index contributed by atoms with van der Waals surface area (Å²) in [7, 11) is -4.14. The van der Waals surface area contributed by atoms with Gasteiger partial charge in [-0.15, -0.1) is 0 Å². The zero-order valence-electron chi connectivity index (χ0n) is 12.6. The predicted molar refractivity (Wildman–Crippen MR) is 79.4 cm³/mol. The fraction of sp³-hybridized carbons (Fsp3) is 0.600. The molecule has 2 aliphatic rings. The molecule has 3 rings (SSSR count). The Morgan fingerprint density at radius 3 is 2.57 bits per heavy atom. The largest absolute Gasteiger partial charge is 0.417 e. The second-order valence-electron chi connectivity index (χ2n) is 6.36. The summed E-state index contributed by atoms with van der Waals surface area (Å²) in [6.45, 7) is 2.19. The number of hydrogen-bond acceptors (Lipinski definition) is 3. The van der Waals surface area contributed by atoms with Gasteiger partial charge >= 0.3 is 6.18 Å². The maximum absolute atomic E-state index is 13.1. The number of alkyl halides is 3. The summed E-state index contributed by atoms with van der Waals surface area (Å²) in [4.78, 5) is -0.645. The number of rotatable bonds is 2. The minimum Gasteiger partial charge on any atom is -0.316 e. The van der Waals surface area contributed by atoms with Crippen molar-refractivity contribution in [2.75, 3.05) is 26.2 Å². The second-order valence-corrected chi connectivity index (χ2v) is 8.27. The Hall–Kier alpha value is -1.12. The van der Waals surface area contributed by atoms with Crippen molar-refractivity contribution in [3.05, 3.63) is 29.8 Å². The van der Waals surface area contributed by atoms with Gasteiger partial charge in [-0.25, -0.2) is 8.42 Å². The van der Waals surface area contributed by atoms with Crippen LogP contribution < -0.4 is 5.32 Å². The quantitative estimate of drug-likeness (QED) is 0.893. The van der Waals surface area contributed by atoms with Gasteiger partial charge < -0.3 is 5.32 Å². The van der Waals surface area contributed by atoms with E-state index in [1.54, 1.807) is 0 Å². The van der Waals surface area contributed by atoms with Crippen LogP contribution >= 0.6 is 0 Å². The first-order valence-corrected chi connectivity index (χ1v) is 9.06. The van der Waals surface area contributed by atoms with Crippen molar-refractivity contribution in [1.82, 2.24) is 9.62 Å². The highest BCUT2D eigenvalue weighted by molar-refractivity contribution is 7.89. The molecule has 0 saturated carbocycles. The van der Waals surface area contributed by atoms with E-state index in [9.17, 15) is 21.6 Å². The lowest BCUT2D eigenvalue weighted by Crippen LogP contribution is -2.42. The van der Waals surface area contributed by atoms with Gasteiger partial charge in [-0.3, -0.25) is 0 Å². The van der Waals surface area contributed by atoms with Gasteiger partial charge in [0.05, 0.1) is 10.5 Å². The monoisotopic (exact) mass is 348 g/mol. The fourth-order valence-corrected chi connectivity index (χ4v) is 5.31. The Labute approximate surface area is 133 Å². The third-order valence-electron chi connectivity index (χ3n) is 4.77. The normalized spacial score (nSPS) is 26.7. The highest BCUT2D eigenvalue weighted by atomic mass is 32.2. The minimum atomic E-state index is -4.69. The van der Waals surface area contributed by atoms with E-state index in [0.717, 1.165) is 38.1 Å². The molecule has 0 bridgehead atoms. The van der Waals surface area contributed by atoms with E-state index >= 15 is 0 Å². The molecule has 0 amide bonds. The molecule has 0 unspecified atom stereocenters. The summed E-state index contributed by atoms with van der Waals surface area (Å²) in [6.07, 6.45) is -2.12. The topological polar surface area (TPSA) is 49.4 Å². The molecule has 2 saturated heterocycles. The van der Waals surface area contributed by atoms with Gasteiger partial charge in [0.15, 0.2) is 0 Å². The first-order chi connectivity index (χ1) is 10.7. The van der Waals surface area contributed by atoms with Crippen molar-refractivity contribution < 1.29 is 21.6 Å². The van der Waals surface area contributed by atoms with Gasteiger partial charge in [0.25, 0.3) is 0 Å². The zero-order chi connectivity index (χ0) is 16.7. The molecule has 1 N–H and O–H groups in total. The van der Waals surface area contributed by atoms with Crippen LogP contribution in [0, 0.1) is 5.41 Å². The fourth-order valence-electron chi connectivity index (χ4n) is 3.54. The highest BCUT2D eigenvalue weighted by Gasteiger charge is 2.45. The average Bonchev–Trinajstić information content (AvgIpc) is 2.91. The number of benzene rings is 1. The second kappa shape index (κ2) is 5.75. The Balaban J connectivity index is 1.92. The van der Waals surface area contributed by atoms with Gasteiger partial charge in [-0.05, 0) is 43.4 Å². The van der Waals surface area contributed by atoms with Crippen LogP contribution in [0.4, 0.5) is 13.2 Å².